The lowest BCUT2D eigenvalue weighted by Gasteiger charge is -2.16. The van der Waals surface area contributed by atoms with E-state index in [4.69, 9.17) is 0 Å². The van der Waals surface area contributed by atoms with Gasteiger partial charge in [-0.25, -0.2) is 0 Å². The van der Waals surface area contributed by atoms with E-state index in [-0.39, 0.29) is 12.2 Å². The van der Waals surface area contributed by atoms with Gasteiger partial charge in [0, 0.05) is 5.56 Å². The van der Waals surface area contributed by atoms with Gasteiger partial charge in [0.2, 0.25) is 0 Å². The fourth-order valence-electron chi connectivity index (χ4n) is 1.46. The minimum Gasteiger partial charge on any atom is -0.466 e. The number of rotatable bonds is 5. The Bertz CT molecular complexity index is 431. The number of halogens is 3. The molecule has 0 fully saturated rings. The summed E-state index contributed by atoms with van der Waals surface area (Å²) < 4.78 is 44.9. The first-order chi connectivity index (χ1) is 8.83. The Hall–Kier alpha value is -1.76. The first kappa shape index (κ1) is 15.3. The zero-order chi connectivity index (χ0) is 14.5. The van der Waals surface area contributed by atoms with Crippen molar-refractivity contribution in [2.24, 2.45) is 0 Å². The van der Waals surface area contributed by atoms with Gasteiger partial charge in [-0.1, -0.05) is 18.2 Å². The highest BCUT2D eigenvalue weighted by molar-refractivity contribution is 5.70. The Balaban J connectivity index is 2.84. The standard InChI is InChI=1S/C12H13F3O4/c1-2-18-11(17)7-9(16)8-5-3-4-6-10(8)19-12(13,14)15/h3-6,9,16H,2,7H2,1H3. The molecule has 1 N–H and O–H groups in total. The highest BCUT2D eigenvalue weighted by Gasteiger charge is 2.33. The lowest BCUT2D eigenvalue weighted by molar-refractivity contribution is -0.275. The van der Waals surface area contributed by atoms with Crippen molar-refractivity contribution in [1.82, 2.24) is 0 Å². The summed E-state index contributed by atoms with van der Waals surface area (Å²) >= 11 is 0. The van der Waals surface area contributed by atoms with Crippen LogP contribution in [0, 0.1) is 0 Å². The first-order valence-electron chi connectivity index (χ1n) is 5.52. The molecule has 0 aromatic heterocycles. The van der Waals surface area contributed by atoms with Crippen LogP contribution in [0.3, 0.4) is 0 Å². The Morgan fingerprint density at radius 2 is 2.00 bits per heavy atom. The van der Waals surface area contributed by atoms with Gasteiger partial charge >= 0.3 is 12.3 Å². The minimum atomic E-state index is -4.86. The summed E-state index contributed by atoms with van der Waals surface area (Å²) in [7, 11) is 0. The molecule has 0 heterocycles. The smallest absolute Gasteiger partial charge is 0.466 e. The van der Waals surface area contributed by atoms with E-state index < -0.39 is 30.6 Å². The number of benzene rings is 1. The zero-order valence-corrected chi connectivity index (χ0v) is 10.1. The van der Waals surface area contributed by atoms with Crippen molar-refractivity contribution in [3.63, 3.8) is 0 Å². The number of aliphatic hydroxyl groups excluding tert-OH is 1. The monoisotopic (exact) mass is 278 g/mol. The molecule has 0 amide bonds. The highest BCUT2D eigenvalue weighted by Crippen LogP contribution is 2.31. The topological polar surface area (TPSA) is 55.8 Å². The van der Waals surface area contributed by atoms with Crippen molar-refractivity contribution in [2.45, 2.75) is 25.8 Å². The maximum atomic E-state index is 12.2. The molecule has 106 valence electrons. The van der Waals surface area contributed by atoms with Crippen LogP contribution in [0.15, 0.2) is 24.3 Å². The highest BCUT2D eigenvalue weighted by atomic mass is 19.4. The van der Waals surface area contributed by atoms with E-state index in [1.165, 1.54) is 18.2 Å². The van der Waals surface area contributed by atoms with Crippen LogP contribution < -0.4 is 4.74 Å². The Kier molecular flexibility index (Phi) is 5.17. The van der Waals surface area contributed by atoms with Gasteiger partial charge in [0.05, 0.1) is 19.1 Å². The van der Waals surface area contributed by atoms with E-state index in [1.807, 2.05) is 0 Å². The zero-order valence-electron chi connectivity index (χ0n) is 10.1. The number of hydrogen-bond donors (Lipinski definition) is 1. The second kappa shape index (κ2) is 6.42. The van der Waals surface area contributed by atoms with Crippen molar-refractivity contribution in [3.8, 4) is 5.75 Å². The van der Waals surface area contributed by atoms with E-state index in [0.717, 1.165) is 6.07 Å². The molecule has 4 nitrogen and oxygen atoms in total. The summed E-state index contributed by atoms with van der Waals surface area (Å²) in [6.07, 6.45) is -6.72. The van der Waals surface area contributed by atoms with E-state index >= 15 is 0 Å². The summed E-state index contributed by atoms with van der Waals surface area (Å²) in [4.78, 5) is 11.2. The summed E-state index contributed by atoms with van der Waals surface area (Å²) in [6, 6.07) is 5.09. The number of carbonyl (C=O) groups excluding carboxylic acids is 1. The number of aliphatic hydroxyl groups is 1. The van der Waals surface area contributed by atoms with Crippen LogP contribution in [0.5, 0.6) is 5.75 Å². The maximum Gasteiger partial charge on any atom is 0.573 e. The lowest BCUT2D eigenvalue weighted by Crippen LogP contribution is -2.19. The summed E-state index contributed by atoms with van der Waals surface area (Å²) in [5.41, 5.74) is -0.118. The number of alkyl halides is 3. The number of hydrogen-bond acceptors (Lipinski definition) is 4. The third-order valence-electron chi connectivity index (χ3n) is 2.17. The van der Waals surface area contributed by atoms with Gasteiger partial charge in [0.1, 0.15) is 5.75 Å². The van der Waals surface area contributed by atoms with Gasteiger partial charge in [-0.3, -0.25) is 4.79 Å². The minimum absolute atomic E-state index is 0.118. The van der Waals surface area contributed by atoms with Crippen LogP contribution in [-0.2, 0) is 9.53 Å². The molecule has 1 atom stereocenters. The van der Waals surface area contributed by atoms with Crippen molar-refractivity contribution < 1.29 is 32.5 Å². The first-order valence-corrected chi connectivity index (χ1v) is 5.52. The van der Waals surface area contributed by atoms with Crippen LogP contribution in [-0.4, -0.2) is 24.0 Å². The molecule has 0 spiro atoms. The summed E-state index contributed by atoms with van der Waals surface area (Å²) in [5, 5.41) is 9.75. The van der Waals surface area contributed by atoms with Gasteiger partial charge < -0.3 is 14.6 Å². The van der Waals surface area contributed by atoms with Gasteiger partial charge in [-0.2, -0.15) is 0 Å². The van der Waals surface area contributed by atoms with Crippen LogP contribution in [0.4, 0.5) is 13.2 Å². The average Bonchev–Trinajstić information content (AvgIpc) is 2.27. The van der Waals surface area contributed by atoms with Gasteiger partial charge in [0.15, 0.2) is 0 Å². The predicted molar refractivity (Wildman–Crippen MR) is 59.3 cm³/mol. The van der Waals surface area contributed by atoms with E-state index in [9.17, 15) is 23.1 Å². The number of carbonyl (C=O) groups is 1. The largest absolute Gasteiger partial charge is 0.573 e. The molecule has 19 heavy (non-hydrogen) atoms. The molecule has 0 bridgehead atoms. The van der Waals surface area contributed by atoms with E-state index in [2.05, 4.69) is 9.47 Å². The van der Waals surface area contributed by atoms with E-state index in [0.29, 0.717) is 0 Å². The van der Waals surface area contributed by atoms with E-state index in [1.54, 1.807) is 6.92 Å². The Morgan fingerprint density at radius 3 is 2.58 bits per heavy atom. The van der Waals surface area contributed by atoms with Crippen LogP contribution in [0.25, 0.3) is 0 Å². The molecule has 1 rings (SSSR count). The molecule has 1 unspecified atom stereocenters. The lowest BCUT2D eigenvalue weighted by atomic mass is 10.1. The Morgan fingerprint density at radius 1 is 1.37 bits per heavy atom. The number of ether oxygens (including phenoxy) is 2. The van der Waals surface area contributed by atoms with Crippen molar-refractivity contribution in [2.75, 3.05) is 6.61 Å². The molecule has 0 aliphatic carbocycles. The molecule has 0 radical (unpaired) electrons. The van der Waals surface area contributed by atoms with Crippen molar-refractivity contribution in [1.29, 1.82) is 0 Å². The molecule has 1 aromatic carbocycles. The normalized spacial score (nSPS) is 12.9. The van der Waals surface area contributed by atoms with Crippen molar-refractivity contribution in [3.05, 3.63) is 29.8 Å². The van der Waals surface area contributed by atoms with Crippen LogP contribution >= 0.6 is 0 Å². The fraction of sp³-hybridized carbons (Fsp3) is 0.417. The quantitative estimate of drug-likeness (QED) is 0.841. The molecule has 0 aliphatic heterocycles. The maximum absolute atomic E-state index is 12.2. The summed E-state index contributed by atoms with van der Waals surface area (Å²) in [5.74, 6) is -1.23. The van der Waals surface area contributed by atoms with Crippen LogP contribution in [0.1, 0.15) is 25.0 Å². The van der Waals surface area contributed by atoms with Crippen molar-refractivity contribution >= 4 is 5.97 Å². The average molecular weight is 278 g/mol. The second-order valence-electron chi connectivity index (χ2n) is 3.61. The number of esters is 1. The predicted octanol–water partition coefficient (Wildman–Crippen LogP) is 2.57. The molecule has 0 aliphatic rings. The number of para-hydroxylation sites is 1. The molecule has 0 saturated carbocycles. The fourth-order valence-corrected chi connectivity index (χ4v) is 1.46. The third-order valence-corrected chi connectivity index (χ3v) is 2.17. The van der Waals surface area contributed by atoms with Gasteiger partial charge in [-0.15, -0.1) is 13.2 Å². The Labute approximate surface area is 107 Å². The van der Waals surface area contributed by atoms with Crippen LogP contribution in [0.2, 0.25) is 0 Å². The molecule has 7 heteroatoms. The molecular weight excluding hydrogens is 265 g/mol. The van der Waals surface area contributed by atoms with Gasteiger partial charge in [-0.05, 0) is 13.0 Å². The molecule has 0 saturated heterocycles. The molecule has 1 aromatic rings. The van der Waals surface area contributed by atoms with Gasteiger partial charge in [0.25, 0.3) is 0 Å². The SMILES string of the molecule is CCOC(=O)CC(O)c1ccccc1OC(F)(F)F. The second-order valence-corrected chi connectivity index (χ2v) is 3.61. The third kappa shape index (κ3) is 5.17. The molecular formula is C12H13F3O4. The summed E-state index contributed by atoms with van der Waals surface area (Å²) in [6.45, 7) is 1.72.